The van der Waals surface area contributed by atoms with Gasteiger partial charge in [-0.25, -0.2) is 4.79 Å². The summed E-state index contributed by atoms with van der Waals surface area (Å²) in [6.07, 6.45) is 0.950. The molecule has 0 aliphatic carbocycles. The molecule has 0 radical (unpaired) electrons. The van der Waals surface area contributed by atoms with Crippen molar-refractivity contribution in [2.45, 2.75) is 31.3 Å². The number of rotatable bonds is 9. The van der Waals surface area contributed by atoms with Crippen LogP contribution in [0.5, 0.6) is 0 Å². The second-order valence-electron chi connectivity index (χ2n) is 4.81. The van der Waals surface area contributed by atoms with Crippen LogP contribution in [0.1, 0.15) is 30.9 Å². The molecule has 2 atom stereocenters. The average Bonchev–Trinajstić information content (AvgIpc) is 2.47. The zero-order valence-corrected chi connectivity index (χ0v) is 12.1. The fourth-order valence-electron chi connectivity index (χ4n) is 1.96. The van der Waals surface area contributed by atoms with Gasteiger partial charge in [-0.1, -0.05) is 30.3 Å². The van der Waals surface area contributed by atoms with E-state index in [1.54, 1.807) is 7.11 Å². The number of nitrogens with one attached hydrogen (secondary N) is 1. The van der Waals surface area contributed by atoms with Crippen molar-refractivity contribution in [1.29, 1.82) is 0 Å². The van der Waals surface area contributed by atoms with Crippen molar-refractivity contribution in [3.05, 3.63) is 35.9 Å². The Morgan fingerprint density at radius 1 is 1.33 bits per heavy atom. The molecule has 4 N–H and O–H groups in total. The summed E-state index contributed by atoms with van der Waals surface area (Å²) in [5, 5.41) is 11.6. The van der Waals surface area contributed by atoms with Gasteiger partial charge >= 0.3 is 5.97 Å². The minimum absolute atomic E-state index is 0.0536. The summed E-state index contributed by atoms with van der Waals surface area (Å²) in [6.45, 7) is 0.461. The number of carbonyl (C=O) groups is 2. The second kappa shape index (κ2) is 9.10. The van der Waals surface area contributed by atoms with Crippen molar-refractivity contribution in [2.24, 2.45) is 5.73 Å². The molecule has 0 bridgehead atoms. The van der Waals surface area contributed by atoms with Gasteiger partial charge in [0.25, 0.3) is 0 Å². The van der Waals surface area contributed by atoms with E-state index in [1.165, 1.54) is 0 Å². The molecule has 0 heterocycles. The SMILES string of the molecule is COCCCC(NC(=O)CC(N)c1ccccc1)C(=O)O. The largest absolute Gasteiger partial charge is 0.480 e. The van der Waals surface area contributed by atoms with Gasteiger partial charge in [0.2, 0.25) is 5.91 Å². The quantitative estimate of drug-likeness (QED) is 0.591. The molecule has 6 nitrogen and oxygen atoms in total. The lowest BCUT2D eigenvalue weighted by Gasteiger charge is -2.16. The fourth-order valence-corrected chi connectivity index (χ4v) is 1.96. The third-order valence-corrected chi connectivity index (χ3v) is 3.11. The first-order chi connectivity index (χ1) is 10.0. The molecule has 116 valence electrons. The summed E-state index contributed by atoms with van der Waals surface area (Å²) in [5.41, 5.74) is 6.79. The van der Waals surface area contributed by atoms with Crippen molar-refractivity contribution in [3.63, 3.8) is 0 Å². The monoisotopic (exact) mass is 294 g/mol. The van der Waals surface area contributed by atoms with Crippen LogP contribution in [-0.2, 0) is 14.3 Å². The van der Waals surface area contributed by atoms with Crippen LogP contribution in [0.15, 0.2) is 30.3 Å². The molecule has 6 heteroatoms. The molecule has 0 saturated carbocycles. The molecular formula is C15H22N2O4. The highest BCUT2D eigenvalue weighted by Crippen LogP contribution is 2.13. The third kappa shape index (κ3) is 6.37. The molecule has 0 spiro atoms. The first-order valence-electron chi connectivity index (χ1n) is 6.86. The normalized spacial score (nSPS) is 13.4. The summed E-state index contributed by atoms with van der Waals surface area (Å²) in [4.78, 5) is 23.0. The van der Waals surface area contributed by atoms with E-state index in [0.29, 0.717) is 19.4 Å². The van der Waals surface area contributed by atoms with Gasteiger partial charge in [-0.2, -0.15) is 0 Å². The number of carboxylic acid groups (broad SMARTS) is 1. The Morgan fingerprint density at radius 2 is 2.00 bits per heavy atom. The molecule has 0 aromatic heterocycles. The van der Waals surface area contributed by atoms with Gasteiger partial charge in [-0.15, -0.1) is 0 Å². The lowest BCUT2D eigenvalue weighted by atomic mass is 10.0. The van der Waals surface area contributed by atoms with E-state index in [-0.39, 0.29) is 12.3 Å². The maximum Gasteiger partial charge on any atom is 0.326 e. The standard InChI is InChI=1S/C15H22N2O4/c1-21-9-5-8-13(15(19)20)17-14(18)10-12(16)11-6-3-2-4-7-11/h2-4,6-7,12-13H,5,8-10,16H2,1H3,(H,17,18)(H,19,20). The van der Waals surface area contributed by atoms with Crippen LogP contribution in [0.2, 0.25) is 0 Å². The van der Waals surface area contributed by atoms with Crippen molar-refractivity contribution in [3.8, 4) is 0 Å². The average molecular weight is 294 g/mol. The molecular weight excluding hydrogens is 272 g/mol. The fraction of sp³-hybridized carbons (Fsp3) is 0.467. The van der Waals surface area contributed by atoms with Crippen molar-refractivity contribution < 1.29 is 19.4 Å². The van der Waals surface area contributed by atoms with Crippen LogP contribution in [0.4, 0.5) is 0 Å². The summed E-state index contributed by atoms with van der Waals surface area (Å²) < 4.78 is 4.87. The van der Waals surface area contributed by atoms with Crippen LogP contribution in [0, 0.1) is 0 Å². The summed E-state index contributed by atoms with van der Waals surface area (Å²) >= 11 is 0. The van der Waals surface area contributed by atoms with E-state index in [1.807, 2.05) is 30.3 Å². The van der Waals surface area contributed by atoms with E-state index in [9.17, 15) is 9.59 Å². The van der Waals surface area contributed by atoms with Crippen LogP contribution in [0.3, 0.4) is 0 Å². The topological polar surface area (TPSA) is 102 Å². The van der Waals surface area contributed by atoms with Gasteiger partial charge in [0.15, 0.2) is 0 Å². The van der Waals surface area contributed by atoms with E-state index in [2.05, 4.69) is 5.32 Å². The zero-order chi connectivity index (χ0) is 15.7. The lowest BCUT2D eigenvalue weighted by molar-refractivity contribution is -0.142. The number of hydrogen-bond donors (Lipinski definition) is 3. The highest BCUT2D eigenvalue weighted by molar-refractivity contribution is 5.83. The Hall–Kier alpha value is -1.92. The number of methoxy groups -OCH3 is 1. The number of nitrogens with two attached hydrogens (primary N) is 1. The number of benzene rings is 1. The number of aliphatic carboxylic acids is 1. The Morgan fingerprint density at radius 3 is 2.57 bits per heavy atom. The van der Waals surface area contributed by atoms with Crippen molar-refractivity contribution >= 4 is 11.9 Å². The van der Waals surface area contributed by atoms with E-state index < -0.39 is 18.1 Å². The molecule has 1 aromatic rings. The van der Waals surface area contributed by atoms with Crippen molar-refractivity contribution in [2.75, 3.05) is 13.7 Å². The smallest absolute Gasteiger partial charge is 0.326 e. The molecule has 0 saturated heterocycles. The van der Waals surface area contributed by atoms with Crippen LogP contribution in [0.25, 0.3) is 0 Å². The van der Waals surface area contributed by atoms with Gasteiger partial charge in [0.1, 0.15) is 6.04 Å². The van der Waals surface area contributed by atoms with Gasteiger partial charge in [0, 0.05) is 26.2 Å². The molecule has 21 heavy (non-hydrogen) atoms. The number of carbonyl (C=O) groups excluding carboxylic acids is 1. The highest BCUT2D eigenvalue weighted by atomic mass is 16.5. The van der Waals surface area contributed by atoms with Crippen LogP contribution >= 0.6 is 0 Å². The summed E-state index contributed by atoms with van der Waals surface area (Å²) in [5.74, 6) is -1.41. The van der Waals surface area contributed by atoms with Gasteiger partial charge in [-0.05, 0) is 18.4 Å². The molecule has 1 amide bonds. The molecule has 1 rings (SSSR count). The van der Waals surface area contributed by atoms with Gasteiger partial charge in [0.05, 0.1) is 0 Å². The Kier molecular flexibility index (Phi) is 7.42. The Labute approximate surface area is 124 Å². The molecule has 1 aromatic carbocycles. The lowest BCUT2D eigenvalue weighted by Crippen LogP contribution is -2.41. The number of carboxylic acids is 1. The summed E-state index contributed by atoms with van der Waals surface area (Å²) in [6, 6.07) is 7.88. The van der Waals surface area contributed by atoms with Gasteiger partial charge < -0.3 is 20.9 Å². The number of hydrogen-bond acceptors (Lipinski definition) is 4. The van der Waals surface area contributed by atoms with Crippen LogP contribution < -0.4 is 11.1 Å². The number of amides is 1. The van der Waals surface area contributed by atoms with E-state index >= 15 is 0 Å². The Balaban J connectivity index is 2.48. The molecule has 0 fully saturated rings. The third-order valence-electron chi connectivity index (χ3n) is 3.11. The second-order valence-corrected chi connectivity index (χ2v) is 4.81. The molecule has 2 unspecified atom stereocenters. The first-order valence-corrected chi connectivity index (χ1v) is 6.86. The highest BCUT2D eigenvalue weighted by Gasteiger charge is 2.20. The van der Waals surface area contributed by atoms with Gasteiger partial charge in [-0.3, -0.25) is 4.79 Å². The van der Waals surface area contributed by atoms with E-state index in [0.717, 1.165) is 5.56 Å². The zero-order valence-electron chi connectivity index (χ0n) is 12.1. The summed E-state index contributed by atoms with van der Waals surface area (Å²) in [7, 11) is 1.55. The maximum absolute atomic E-state index is 11.9. The maximum atomic E-state index is 11.9. The first kappa shape index (κ1) is 17.1. The minimum Gasteiger partial charge on any atom is -0.480 e. The number of ether oxygens (including phenoxy) is 1. The molecule has 0 aliphatic rings. The van der Waals surface area contributed by atoms with Crippen LogP contribution in [-0.4, -0.2) is 36.7 Å². The Bertz CT molecular complexity index is 450. The predicted octanol–water partition coefficient (Wildman–Crippen LogP) is 1.07. The predicted molar refractivity (Wildman–Crippen MR) is 78.7 cm³/mol. The minimum atomic E-state index is -1.05. The molecule has 0 aliphatic heterocycles. The van der Waals surface area contributed by atoms with E-state index in [4.69, 9.17) is 15.6 Å². The van der Waals surface area contributed by atoms with Crippen molar-refractivity contribution in [1.82, 2.24) is 5.32 Å².